The van der Waals surface area contributed by atoms with Crippen LogP contribution >= 0.6 is 45.9 Å². The van der Waals surface area contributed by atoms with Crippen LogP contribution in [0.2, 0.25) is 0 Å². The molecule has 0 fully saturated rings. The van der Waals surface area contributed by atoms with Crippen molar-refractivity contribution in [2.75, 3.05) is 10.6 Å². The van der Waals surface area contributed by atoms with Crippen LogP contribution in [0, 0.1) is 0 Å². The molecule has 12 nitrogen and oxygen atoms in total. The van der Waals surface area contributed by atoms with Crippen LogP contribution in [0.4, 0.5) is 19.9 Å². The van der Waals surface area contributed by atoms with Crippen LogP contribution in [0.5, 0.6) is 0 Å². The second-order valence-electron chi connectivity index (χ2n) is 10.7. The first kappa shape index (κ1) is 40.5. The quantitative estimate of drug-likeness (QED) is 0.0592. The summed E-state index contributed by atoms with van der Waals surface area (Å²) < 4.78 is 0. The largest absolute Gasteiger partial charge is 0.339 e. The molecule has 4 aromatic rings. The summed E-state index contributed by atoms with van der Waals surface area (Å²) in [6.45, 7) is 3.34. The van der Waals surface area contributed by atoms with Gasteiger partial charge in [-0.25, -0.2) is 19.6 Å². The third-order valence-corrected chi connectivity index (χ3v) is 8.99. The Morgan fingerprint density at radius 1 is 0.585 bits per heavy atom. The van der Waals surface area contributed by atoms with E-state index in [1.54, 1.807) is 26.0 Å². The molecule has 2 aliphatic rings. The van der Waals surface area contributed by atoms with E-state index in [4.69, 9.17) is 23.2 Å². The number of carbonyl (C=O) groups is 4. The number of rotatable bonds is 8. The molecule has 2 heterocycles. The maximum absolute atomic E-state index is 12.0. The first-order valence-electron chi connectivity index (χ1n) is 15.3. The van der Waals surface area contributed by atoms with Crippen LogP contribution in [0.25, 0.3) is 22.5 Å². The van der Waals surface area contributed by atoms with Crippen molar-refractivity contribution >= 4 is 79.8 Å². The normalized spacial score (nSPS) is 15.0. The van der Waals surface area contributed by atoms with E-state index in [0.717, 1.165) is 22.5 Å². The molecule has 0 spiro atoms. The zero-order chi connectivity index (χ0) is 37.0. The molecule has 0 saturated heterocycles. The van der Waals surface area contributed by atoms with Crippen molar-refractivity contribution in [2.24, 2.45) is 0 Å². The Bertz CT molecular complexity index is 2020. The molecule has 6 rings (SSSR count). The number of allylic oxidation sites excluding steroid dienone is 12. The molecule has 6 N–H and O–H groups in total. The average Bonchev–Trinajstić information content (AvgIpc) is 3.82. The van der Waals surface area contributed by atoms with Gasteiger partial charge in [-0.1, -0.05) is 83.9 Å². The van der Waals surface area contributed by atoms with Gasteiger partial charge in [0.25, 0.3) is 0 Å². The molecular weight excluding hydrogens is 807 g/mol. The summed E-state index contributed by atoms with van der Waals surface area (Å²) in [6.07, 6.45) is 8.88. The van der Waals surface area contributed by atoms with Gasteiger partial charge in [0.15, 0.2) is 21.8 Å². The summed E-state index contributed by atoms with van der Waals surface area (Å²) in [4.78, 5) is 56.4. The minimum atomic E-state index is -0.493. The van der Waals surface area contributed by atoms with Crippen LogP contribution in [0.15, 0.2) is 140 Å². The van der Waals surface area contributed by atoms with Crippen molar-refractivity contribution in [1.82, 2.24) is 31.7 Å². The zero-order valence-corrected chi connectivity index (χ0v) is 31.9. The number of nitrogens with zero attached hydrogens (tertiary/aromatic N) is 2. The number of aromatic nitrogens is 2. The van der Waals surface area contributed by atoms with Crippen LogP contribution < -0.4 is 32.3 Å². The van der Waals surface area contributed by atoms with Crippen LogP contribution in [0.3, 0.4) is 0 Å². The summed E-state index contributed by atoms with van der Waals surface area (Å²) >= 11 is 14.4. The molecule has 2 aliphatic carbocycles. The number of hydrogen-bond acceptors (Lipinski definition) is 10. The van der Waals surface area contributed by atoms with Gasteiger partial charge in [-0.15, -0.1) is 22.7 Å². The maximum Gasteiger partial charge on any atom is 0.339 e. The molecule has 2 aromatic heterocycles. The van der Waals surface area contributed by atoms with Crippen molar-refractivity contribution in [1.29, 1.82) is 0 Å². The third kappa shape index (κ3) is 11.9. The number of urea groups is 2. The van der Waals surface area contributed by atoms with Crippen LogP contribution in [-0.2, 0) is 26.7 Å². The topological polar surface area (TPSA) is 166 Å². The van der Waals surface area contributed by atoms with Crippen LogP contribution in [0.1, 0.15) is 13.8 Å². The van der Waals surface area contributed by atoms with E-state index in [1.165, 1.54) is 47.0 Å². The van der Waals surface area contributed by atoms with E-state index < -0.39 is 12.1 Å². The van der Waals surface area contributed by atoms with Crippen LogP contribution in [-0.4, -0.2) is 33.6 Å². The molecule has 17 heteroatoms. The standard InChI is InChI=1S/2C18H15ClN4O2S.Cu/c2*1-11(14-9-13(19)7-8-16(14)24)22-23-17(25)21-18-20-15(10-26-18)12-5-3-2-4-6-12;/h2*2-10,22H,1H3,(H2,20,21,23,25);/b14-11+;14-11-;. The van der Waals surface area contributed by atoms with Gasteiger partial charge >= 0.3 is 12.1 Å². The minimum absolute atomic E-state index is 0. The van der Waals surface area contributed by atoms with Gasteiger partial charge in [0.1, 0.15) is 0 Å². The van der Waals surface area contributed by atoms with Crippen molar-refractivity contribution in [3.05, 3.63) is 140 Å². The summed E-state index contributed by atoms with van der Waals surface area (Å²) in [6, 6.07) is 18.4. The van der Waals surface area contributed by atoms with Crippen molar-refractivity contribution in [2.45, 2.75) is 13.8 Å². The smallest absolute Gasteiger partial charge is 0.301 e. The zero-order valence-electron chi connectivity index (χ0n) is 27.8. The third-order valence-electron chi connectivity index (χ3n) is 7.01. The number of hydrogen-bond donors (Lipinski definition) is 6. The predicted molar refractivity (Wildman–Crippen MR) is 207 cm³/mol. The second-order valence-corrected chi connectivity index (χ2v) is 13.3. The van der Waals surface area contributed by atoms with Gasteiger partial charge in [0.05, 0.1) is 11.4 Å². The van der Waals surface area contributed by atoms with Gasteiger partial charge in [-0.05, 0) is 50.3 Å². The summed E-state index contributed by atoms with van der Waals surface area (Å²) in [7, 11) is 0. The van der Waals surface area contributed by atoms with E-state index in [1.807, 2.05) is 71.4 Å². The summed E-state index contributed by atoms with van der Waals surface area (Å²) in [5, 5.41) is 10.8. The Balaban J connectivity index is 0.000000232. The number of anilines is 2. The molecule has 0 unspecified atom stereocenters. The molecule has 0 atom stereocenters. The summed E-state index contributed by atoms with van der Waals surface area (Å²) in [5.74, 6) is -0.372. The predicted octanol–water partition coefficient (Wildman–Crippen LogP) is 7.94. The number of nitrogens with one attached hydrogen (secondary N) is 6. The number of carbonyl (C=O) groups excluding carboxylic acids is 4. The Hall–Kier alpha value is -5.28. The molecule has 2 aromatic carbocycles. The maximum atomic E-state index is 12.0. The fourth-order valence-corrected chi connectivity index (χ4v) is 6.20. The fourth-order valence-electron chi connectivity index (χ4n) is 4.43. The van der Waals surface area contributed by atoms with Gasteiger partial charge in [0, 0.05) is 71.6 Å². The van der Waals surface area contributed by atoms with E-state index in [0.29, 0.717) is 42.9 Å². The van der Waals surface area contributed by atoms with Gasteiger partial charge in [-0.2, -0.15) is 0 Å². The molecule has 0 bridgehead atoms. The Kier molecular flexibility index (Phi) is 14.9. The van der Waals surface area contributed by atoms with Crippen molar-refractivity contribution < 1.29 is 36.2 Å². The fraction of sp³-hybridized carbons (Fsp3) is 0.0556. The average molecular weight is 837 g/mol. The first-order chi connectivity index (χ1) is 25.0. The molecule has 275 valence electrons. The minimum Gasteiger partial charge on any atom is -0.301 e. The van der Waals surface area contributed by atoms with Gasteiger partial charge < -0.3 is 10.9 Å². The van der Waals surface area contributed by atoms with E-state index in [-0.39, 0.29) is 28.6 Å². The van der Waals surface area contributed by atoms with Gasteiger partial charge in [-0.3, -0.25) is 31.1 Å². The Morgan fingerprint density at radius 3 is 1.34 bits per heavy atom. The number of hydrazine groups is 2. The second kappa shape index (κ2) is 19.5. The number of benzene rings is 2. The van der Waals surface area contributed by atoms with E-state index >= 15 is 0 Å². The number of thiazole rings is 2. The SMILES string of the molecule is C/C(NNC(=O)Nc1nc(-c2ccccc2)cs1)=C1/C=C(Cl)C=CC1=O.C/C(NNC(=O)Nc1nc(-c2ccccc2)cs1)=C1\C=C(Cl)C=CC1=O.[Cu]. The number of halogens is 2. The molecular formula is C36H30Cl2CuN8O4S2. The van der Waals surface area contributed by atoms with Crippen molar-refractivity contribution in [3.63, 3.8) is 0 Å². The monoisotopic (exact) mass is 835 g/mol. The molecule has 53 heavy (non-hydrogen) atoms. The Labute approximate surface area is 333 Å². The Morgan fingerprint density at radius 2 is 0.962 bits per heavy atom. The number of ketones is 2. The van der Waals surface area contributed by atoms with E-state index in [9.17, 15) is 19.2 Å². The number of amides is 4. The van der Waals surface area contributed by atoms with Gasteiger partial charge in [0.2, 0.25) is 0 Å². The van der Waals surface area contributed by atoms with E-state index in [2.05, 4.69) is 42.3 Å². The molecule has 0 aliphatic heterocycles. The van der Waals surface area contributed by atoms with Crippen molar-refractivity contribution in [3.8, 4) is 22.5 Å². The first-order valence-corrected chi connectivity index (χ1v) is 17.9. The summed E-state index contributed by atoms with van der Waals surface area (Å²) in [5.41, 5.74) is 15.6. The molecule has 0 saturated carbocycles. The molecule has 1 radical (unpaired) electrons. The molecule has 4 amide bonds.